The fraction of sp³-hybridized carbons (Fsp3) is 0.680. The van der Waals surface area contributed by atoms with Crippen molar-refractivity contribution in [3.05, 3.63) is 40.3 Å². The van der Waals surface area contributed by atoms with Crippen LogP contribution in [0.3, 0.4) is 0 Å². The Morgan fingerprint density at radius 1 is 1.16 bits per heavy atom. The van der Waals surface area contributed by atoms with E-state index in [2.05, 4.69) is 25.2 Å². The molecule has 3 fully saturated rings. The summed E-state index contributed by atoms with van der Waals surface area (Å²) in [7, 11) is -3.59. The molecule has 170 valence electrons. The molecule has 31 heavy (non-hydrogen) atoms. The molecule has 3 aliphatic carbocycles. The minimum atomic E-state index is -3.59. The summed E-state index contributed by atoms with van der Waals surface area (Å²) >= 11 is 0. The Morgan fingerprint density at radius 2 is 1.87 bits per heavy atom. The SMILES string of the molecule is CC1(C)C2CCC1(CS(=O)(=O)C1=Cc3ccccc3C13CCNCC3)C(O)(CCN)C2. The maximum Gasteiger partial charge on any atom is 0.176 e. The van der Waals surface area contributed by atoms with E-state index in [1.807, 2.05) is 24.3 Å². The predicted molar refractivity (Wildman–Crippen MR) is 124 cm³/mol. The summed E-state index contributed by atoms with van der Waals surface area (Å²) in [6, 6.07) is 8.15. The van der Waals surface area contributed by atoms with E-state index in [4.69, 9.17) is 5.73 Å². The molecule has 3 unspecified atom stereocenters. The van der Waals surface area contributed by atoms with Crippen LogP contribution in [0, 0.1) is 16.7 Å². The molecule has 0 amide bonds. The Balaban J connectivity index is 1.60. The number of benzene rings is 1. The van der Waals surface area contributed by atoms with Gasteiger partial charge in [-0.2, -0.15) is 0 Å². The second kappa shape index (κ2) is 6.89. The lowest BCUT2D eigenvalue weighted by atomic mass is 9.63. The maximum absolute atomic E-state index is 14.3. The van der Waals surface area contributed by atoms with Crippen LogP contribution in [-0.2, 0) is 15.3 Å². The Morgan fingerprint density at radius 3 is 2.55 bits per heavy atom. The van der Waals surface area contributed by atoms with Crippen LogP contribution in [0.1, 0.15) is 63.5 Å². The van der Waals surface area contributed by atoms with E-state index in [0.29, 0.717) is 30.2 Å². The molecule has 6 heteroatoms. The van der Waals surface area contributed by atoms with Gasteiger partial charge in [-0.05, 0) is 86.7 Å². The number of allylic oxidation sites excluding steroid dienone is 1. The third kappa shape index (κ3) is 2.74. The van der Waals surface area contributed by atoms with Crippen LogP contribution in [0.5, 0.6) is 0 Å². The highest BCUT2D eigenvalue weighted by Gasteiger charge is 2.71. The van der Waals surface area contributed by atoms with Gasteiger partial charge in [0, 0.05) is 10.8 Å². The lowest BCUT2D eigenvalue weighted by Crippen LogP contribution is -2.55. The Labute approximate surface area is 186 Å². The molecular formula is C25H36N2O3S. The van der Waals surface area contributed by atoms with Gasteiger partial charge in [0.1, 0.15) is 0 Å². The molecule has 4 aliphatic rings. The molecule has 2 bridgehead atoms. The first-order valence-electron chi connectivity index (χ1n) is 11.8. The molecule has 0 aromatic heterocycles. The third-order valence-electron chi connectivity index (χ3n) is 9.67. The van der Waals surface area contributed by atoms with Gasteiger partial charge in [-0.25, -0.2) is 8.42 Å². The standard InChI is InChI=1S/C25H36N2O3S/c1-22(2)19-7-8-24(22,25(28,16-19)9-12-26)17-31(29,30)21-15-18-5-3-4-6-20(18)23(21)10-13-27-14-11-23/h3-6,15,19,27-28H,7-14,16-17,26H2,1-2H3. The lowest BCUT2D eigenvalue weighted by Gasteiger charge is -2.48. The van der Waals surface area contributed by atoms with Crippen molar-refractivity contribution in [2.45, 2.75) is 63.4 Å². The number of fused-ring (bicyclic) bond motifs is 4. The molecule has 5 nitrogen and oxygen atoms in total. The van der Waals surface area contributed by atoms with Crippen molar-refractivity contribution >= 4 is 15.9 Å². The van der Waals surface area contributed by atoms with Crippen LogP contribution < -0.4 is 11.1 Å². The fourth-order valence-corrected chi connectivity index (χ4v) is 10.7. The molecular weight excluding hydrogens is 408 g/mol. The number of rotatable bonds is 5. The summed E-state index contributed by atoms with van der Waals surface area (Å²) < 4.78 is 28.5. The molecule has 3 atom stereocenters. The summed E-state index contributed by atoms with van der Waals surface area (Å²) in [6.45, 7) is 6.36. The molecule has 1 spiro atoms. The monoisotopic (exact) mass is 444 g/mol. The van der Waals surface area contributed by atoms with Gasteiger partial charge in [0.2, 0.25) is 0 Å². The summed E-state index contributed by atoms with van der Waals surface area (Å²) in [5, 5.41) is 15.2. The average Bonchev–Trinajstić information content (AvgIpc) is 3.22. The van der Waals surface area contributed by atoms with E-state index < -0.39 is 26.3 Å². The van der Waals surface area contributed by atoms with Crippen molar-refractivity contribution in [3.63, 3.8) is 0 Å². The molecule has 1 aromatic rings. The lowest BCUT2D eigenvalue weighted by molar-refractivity contribution is -0.0906. The number of hydrogen-bond donors (Lipinski definition) is 3. The normalized spacial score (nSPS) is 35.4. The highest BCUT2D eigenvalue weighted by molar-refractivity contribution is 7.95. The maximum atomic E-state index is 14.3. The Hall–Kier alpha value is -1.21. The van der Waals surface area contributed by atoms with Crippen molar-refractivity contribution in [1.82, 2.24) is 5.32 Å². The van der Waals surface area contributed by atoms with E-state index in [0.717, 1.165) is 49.9 Å². The highest BCUT2D eigenvalue weighted by Crippen LogP contribution is 2.71. The van der Waals surface area contributed by atoms with E-state index in [9.17, 15) is 13.5 Å². The summed E-state index contributed by atoms with van der Waals surface area (Å²) in [4.78, 5) is 0.582. The quantitative estimate of drug-likeness (QED) is 0.649. The first-order chi connectivity index (χ1) is 14.6. The van der Waals surface area contributed by atoms with Gasteiger partial charge in [0.25, 0.3) is 0 Å². The zero-order chi connectivity index (χ0) is 22.1. The minimum absolute atomic E-state index is 0.0228. The largest absolute Gasteiger partial charge is 0.389 e. The van der Waals surface area contributed by atoms with Crippen LogP contribution in [0.4, 0.5) is 0 Å². The van der Waals surface area contributed by atoms with Gasteiger partial charge in [-0.15, -0.1) is 0 Å². The van der Waals surface area contributed by atoms with Crippen molar-refractivity contribution in [2.24, 2.45) is 22.5 Å². The molecule has 1 heterocycles. The average molecular weight is 445 g/mol. The van der Waals surface area contributed by atoms with E-state index >= 15 is 0 Å². The molecule has 1 saturated heterocycles. The Kier molecular flexibility index (Phi) is 4.81. The smallest absolute Gasteiger partial charge is 0.176 e. The van der Waals surface area contributed by atoms with Gasteiger partial charge in [0.15, 0.2) is 9.84 Å². The number of hydrogen-bond acceptors (Lipinski definition) is 5. The number of nitrogens with one attached hydrogen (secondary N) is 1. The van der Waals surface area contributed by atoms with Crippen molar-refractivity contribution in [1.29, 1.82) is 0 Å². The van der Waals surface area contributed by atoms with E-state index in [1.165, 1.54) is 0 Å². The van der Waals surface area contributed by atoms with Gasteiger partial charge in [0.05, 0.1) is 16.3 Å². The summed E-state index contributed by atoms with van der Waals surface area (Å²) in [5.41, 5.74) is 5.77. The molecule has 2 saturated carbocycles. The second-order valence-electron chi connectivity index (χ2n) is 11.0. The number of sulfone groups is 1. The molecule has 5 rings (SSSR count). The second-order valence-corrected chi connectivity index (χ2v) is 13.0. The predicted octanol–water partition coefficient (Wildman–Crippen LogP) is 2.98. The fourth-order valence-electron chi connectivity index (χ4n) is 7.89. The topological polar surface area (TPSA) is 92.4 Å². The first kappa shape index (κ1) is 21.6. The van der Waals surface area contributed by atoms with Crippen molar-refractivity contribution < 1.29 is 13.5 Å². The minimum Gasteiger partial charge on any atom is -0.389 e. The van der Waals surface area contributed by atoms with E-state index in [-0.39, 0.29) is 11.2 Å². The molecule has 1 aliphatic heterocycles. The number of aliphatic hydroxyl groups is 1. The Bertz CT molecular complexity index is 1020. The van der Waals surface area contributed by atoms with Gasteiger partial charge >= 0.3 is 0 Å². The molecule has 0 radical (unpaired) electrons. The first-order valence-corrected chi connectivity index (χ1v) is 13.4. The van der Waals surface area contributed by atoms with Gasteiger partial charge in [-0.1, -0.05) is 38.1 Å². The van der Waals surface area contributed by atoms with Gasteiger partial charge < -0.3 is 16.2 Å². The van der Waals surface area contributed by atoms with Crippen LogP contribution in [0.2, 0.25) is 0 Å². The number of nitrogens with two attached hydrogens (primary N) is 1. The van der Waals surface area contributed by atoms with E-state index in [1.54, 1.807) is 0 Å². The zero-order valence-electron chi connectivity index (χ0n) is 18.8. The number of piperidine rings is 1. The molecule has 4 N–H and O–H groups in total. The van der Waals surface area contributed by atoms with Crippen molar-refractivity contribution in [3.8, 4) is 0 Å². The third-order valence-corrected chi connectivity index (χ3v) is 11.7. The van der Waals surface area contributed by atoms with Crippen LogP contribution in [0.25, 0.3) is 6.08 Å². The van der Waals surface area contributed by atoms with Gasteiger partial charge in [-0.3, -0.25) is 0 Å². The summed E-state index contributed by atoms with van der Waals surface area (Å²) in [5.74, 6) is 0.372. The van der Waals surface area contributed by atoms with Crippen molar-refractivity contribution in [2.75, 3.05) is 25.4 Å². The summed E-state index contributed by atoms with van der Waals surface area (Å²) in [6.07, 6.45) is 6.40. The highest BCUT2D eigenvalue weighted by atomic mass is 32.2. The van der Waals surface area contributed by atoms with Crippen LogP contribution in [-0.4, -0.2) is 44.5 Å². The molecule has 1 aromatic carbocycles. The van der Waals surface area contributed by atoms with Crippen LogP contribution >= 0.6 is 0 Å². The zero-order valence-corrected chi connectivity index (χ0v) is 19.6. The van der Waals surface area contributed by atoms with Crippen LogP contribution in [0.15, 0.2) is 29.2 Å².